The molecule has 6 aromatic rings. The second-order valence-electron chi connectivity index (χ2n) is 10.8. The fourth-order valence-electron chi connectivity index (χ4n) is 4.65. The summed E-state index contributed by atoms with van der Waals surface area (Å²) in [6.07, 6.45) is 7.21. The van der Waals surface area contributed by atoms with Crippen LogP contribution < -0.4 is 5.32 Å². The number of aromatic amines is 2. The molecule has 3 N–H and O–H groups in total. The summed E-state index contributed by atoms with van der Waals surface area (Å²) in [6.45, 7) is 6.07. The highest BCUT2D eigenvalue weighted by Gasteiger charge is 2.18. The molecule has 0 fully saturated rings. The maximum Gasteiger partial charge on any atom is 0.224 e. The first-order valence-corrected chi connectivity index (χ1v) is 12.6. The zero-order valence-corrected chi connectivity index (χ0v) is 21.7. The summed E-state index contributed by atoms with van der Waals surface area (Å²) in [4.78, 5) is 29.4. The Bertz CT molecular complexity index is 1850. The molecule has 0 aliphatic carbocycles. The van der Waals surface area contributed by atoms with E-state index in [1.807, 2.05) is 51.1 Å². The summed E-state index contributed by atoms with van der Waals surface area (Å²) < 4.78 is 13.9. The number of anilines is 1. The molecule has 9 heteroatoms. The predicted octanol–water partition coefficient (Wildman–Crippen LogP) is 6.74. The Hall–Kier alpha value is -4.92. The SMILES string of the molecule is CC(C)(C)CC(=O)Nc1cncc(-c2ccc3[nH]nc(-c4cc5c(-c6cccc(F)c6)cncc5[nH]4)c3n2)c1. The molecule has 5 heterocycles. The first-order valence-electron chi connectivity index (χ1n) is 12.6. The Kier molecular flexibility index (Phi) is 5.91. The number of aromatic nitrogens is 6. The Balaban J connectivity index is 1.37. The van der Waals surface area contributed by atoms with Crippen LogP contribution in [-0.2, 0) is 4.79 Å². The van der Waals surface area contributed by atoms with Crippen LogP contribution in [0.3, 0.4) is 0 Å². The van der Waals surface area contributed by atoms with Gasteiger partial charge in [-0.15, -0.1) is 0 Å². The molecular weight excluding hydrogens is 493 g/mol. The van der Waals surface area contributed by atoms with E-state index in [1.165, 1.54) is 12.1 Å². The molecule has 0 saturated carbocycles. The summed E-state index contributed by atoms with van der Waals surface area (Å²) in [5, 5.41) is 11.4. The third-order valence-corrected chi connectivity index (χ3v) is 6.35. The van der Waals surface area contributed by atoms with Crippen LogP contribution in [0.2, 0.25) is 0 Å². The number of nitrogens with zero attached hydrogens (tertiary/aromatic N) is 4. The van der Waals surface area contributed by atoms with Crippen LogP contribution in [0, 0.1) is 11.2 Å². The number of H-pyrrole nitrogens is 2. The summed E-state index contributed by atoms with van der Waals surface area (Å²) in [5.74, 6) is -0.365. The maximum atomic E-state index is 13.9. The van der Waals surface area contributed by atoms with E-state index < -0.39 is 0 Å². The van der Waals surface area contributed by atoms with Gasteiger partial charge in [-0.1, -0.05) is 32.9 Å². The highest BCUT2D eigenvalue weighted by atomic mass is 19.1. The number of hydrogen-bond donors (Lipinski definition) is 3. The lowest BCUT2D eigenvalue weighted by molar-refractivity contribution is -0.117. The summed E-state index contributed by atoms with van der Waals surface area (Å²) in [7, 11) is 0. The molecule has 8 nitrogen and oxygen atoms in total. The van der Waals surface area contributed by atoms with Crippen molar-refractivity contribution >= 4 is 33.5 Å². The Morgan fingerprint density at radius 3 is 2.62 bits per heavy atom. The van der Waals surface area contributed by atoms with Gasteiger partial charge in [-0.05, 0) is 47.4 Å². The molecule has 0 unspecified atom stereocenters. The number of carbonyl (C=O) groups excluding carboxylic acids is 1. The Labute approximate surface area is 223 Å². The van der Waals surface area contributed by atoms with Gasteiger partial charge in [0.1, 0.15) is 17.0 Å². The van der Waals surface area contributed by atoms with Gasteiger partial charge in [0.25, 0.3) is 0 Å². The number of halogens is 1. The summed E-state index contributed by atoms with van der Waals surface area (Å²) in [5.41, 5.74) is 7.20. The minimum atomic E-state index is -0.303. The van der Waals surface area contributed by atoms with E-state index in [1.54, 1.807) is 30.9 Å². The molecule has 1 amide bonds. The third-order valence-electron chi connectivity index (χ3n) is 6.35. The van der Waals surface area contributed by atoms with Gasteiger partial charge < -0.3 is 10.3 Å². The number of fused-ring (bicyclic) bond motifs is 2. The molecule has 0 spiro atoms. The lowest BCUT2D eigenvalue weighted by atomic mass is 9.92. The molecule has 39 heavy (non-hydrogen) atoms. The monoisotopic (exact) mass is 519 g/mol. The molecular formula is C30H26FN7O. The van der Waals surface area contributed by atoms with Gasteiger partial charge in [-0.25, -0.2) is 9.37 Å². The van der Waals surface area contributed by atoms with Crippen molar-refractivity contribution in [3.8, 4) is 33.8 Å². The standard InChI is InChI=1S/C30H26FN7O/c1-30(2,3)12-27(39)34-20-10-18(13-32-14-20)23-7-8-24-28(36-23)29(38-37-24)25-11-21-22(15-33-16-26(21)35-25)17-5-4-6-19(31)9-17/h4-11,13-16,35H,12H2,1-3H3,(H,34,39)(H,37,38). The normalized spacial score (nSPS) is 11.8. The van der Waals surface area contributed by atoms with Crippen LogP contribution in [0.5, 0.6) is 0 Å². The number of hydrogen-bond acceptors (Lipinski definition) is 5. The largest absolute Gasteiger partial charge is 0.352 e. The molecule has 0 radical (unpaired) electrons. The lowest BCUT2D eigenvalue weighted by Gasteiger charge is -2.17. The van der Waals surface area contributed by atoms with Crippen molar-refractivity contribution < 1.29 is 9.18 Å². The van der Waals surface area contributed by atoms with E-state index in [4.69, 9.17) is 4.98 Å². The molecule has 0 saturated heterocycles. The second kappa shape index (κ2) is 9.43. The summed E-state index contributed by atoms with van der Waals surface area (Å²) in [6, 6.07) is 14.1. The maximum absolute atomic E-state index is 13.9. The average molecular weight is 520 g/mol. The van der Waals surface area contributed by atoms with Crippen molar-refractivity contribution in [1.82, 2.24) is 30.1 Å². The average Bonchev–Trinajstić information content (AvgIpc) is 3.51. The van der Waals surface area contributed by atoms with Crippen molar-refractivity contribution in [2.45, 2.75) is 27.2 Å². The van der Waals surface area contributed by atoms with Gasteiger partial charge in [0.15, 0.2) is 0 Å². The van der Waals surface area contributed by atoms with Crippen LogP contribution in [0.1, 0.15) is 27.2 Å². The van der Waals surface area contributed by atoms with Crippen LogP contribution in [0.25, 0.3) is 55.7 Å². The zero-order valence-electron chi connectivity index (χ0n) is 21.7. The summed E-state index contributed by atoms with van der Waals surface area (Å²) >= 11 is 0. The van der Waals surface area contributed by atoms with E-state index in [0.29, 0.717) is 29.0 Å². The number of rotatable bonds is 5. The number of nitrogens with one attached hydrogen (secondary N) is 3. The molecule has 0 aliphatic rings. The minimum absolute atomic E-state index is 0.0621. The van der Waals surface area contributed by atoms with E-state index in [-0.39, 0.29) is 17.1 Å². The first-order chi connectivity index (χ1) is 18.7. The molecule has 6 rings (SSSR count). The highest BCUT2D eigenvalue weighted by Crippen LogP contribution is 2.34. The zero-order chi connectivity index (χ0) is 27.1. The van der Waals surface area contributed by atoms with Gasteiger partial charge in [0, 0.05) is 35.3 Å². The van der Waals surface area contributed by atoms with Crippen molar-refractivity contribution in [3.63, 3.8) is 0 Å². The van der Waals surface area contributed by atoms with Gasteiger partial charge in [0.2, 0.25) is 5.91 Å². The van der Waals surface area contributed by atoms with E-state index in [9.17, 15) is 9.18 Å². The molecule has 0 atom stereocenters. The van der Waals surface area contributed by atoms with Gasteiger partial charge in [0.05, 0.1) is 40.5 Å². The first kappa shape index (κ1) is 24.4. The van der Waals surface area contributed by atoms with Gasteiger partial charge >= 0.3 is 0 Å². The Morgan fingerprint density at radius 2 is 1.79 bits per heavy atom. The molecule has 1 aromatic carbocycles. The van der Waals surface area contributed by atoms with Crippen LogP contribution in [0.15, 0.2) is 73.3 Å². The van der Waals surface area contributed by atoms with Crippen molar-refractivity contribution in [2.24, 2.45) is 5.41 Å². The molecule has 0 aliphatic heterocycles. The second-order valence-corrected chi connectivity index (χ2v) is 10.8. The molecule has 5 aromatic heterocycles. The number of amides is 1. The van der Waals surface area contributed by atoms with E-state index in [0.717, 1.165) is 38.8 Å². The third kappa shape index (κ3) is 4.98. The fraction of sp³-hybridized carbons (Fsp3) is 0.167. The fourth-order valence-corrected chi connectivity index (χ4v) is 4.65. The Morgan fingerprint density at radius 1 is 0.949 bits per heavy atom. The van der Waals surface area contributed by atoms with Crippen molar-refractivity contribution in [1.29, 1.82) is 0 Å². The smallest absolute Gasteiger partial charge is 0.224 e. The lowest BCUT2D eigenvalue weighted by Crippen LogP contribution is -2.19. The van der Waals surface area contributed by atoms with Crippen molar-refractivity contribution in [3.05, 3.63) is 79.1 Å². The van der Waals surface area contributed by atoms with Crippen LogP contribution in [-0.4, -0.2) is 36.0 Å². The number of pyridine rings is 3. The van der Waals surface area contributed by atoms with E-state index in [2.05, 4.69) is 30.5 Å². The quantitative estimate of drug-likeness (QED) is 0.233. The molecule has 0 bridgehead atoms. The number of benzene rings is 1. The van der Waals surface area contributed by atoms with Gasteiger partial charge in [-0.2, -0.15) is 5.10 Å². The van der Waals surface area contributed by atoms with Crippen molar-refractivity contribution in [2.75, 3.05) is 5.32 Å². The van der Waals surface area contributed by atoms with Crippen LogP contribution in [0.4, 0.5) is 10.1 Å². The minimum Gasteiger partial charge on any atom is -0.352 e. The molecule has 194 valence electrons. The van der Waals surface area contributed by atoms with E-state index >= 15 is 0 Å². The van der Waals surface area contributed by atoms with Crippen LogP contribution >= 0.6 is 0 Å². The highest BCUT2D eigenvalue weighted by molar-refractivity contribution is 6.00. The predicted molar refractivity (Wildman–Crippen MR) is 150 cm³/mol. The van der Waals surface area contributed by atoms with Gasteiger partial charge in [-0.3, -0.25) is 19.9 Å². The topological polar surface area (TPSA) is 112 Å². The number of carbonyl (C=O) groups is 1.